The third kappa shape index (κ3) is 3.55. The summed E-state index contributed by atoms with van der Waals surface area (Å²) < 4.78 is 5.90. The molecule has 2 aromatic rings. The molecule has 3 nitrogen and oxygen atoms in total. The Kier molecular flexibility index (Phi) is 4.10. The van der Waals surface area contributed by atoms with Gasteiger partial charge in [-0.3, -0.25) is 4.90 Å². The van der Waals surface area contributed by atoms with Crippen molar-refractivity contribution in [2.75, 3.05) is 13.1 Å². The lowest BCUT2D eigenvalue weighted by Crippen LogP contribution is -2.37. The summed E-state index contributed by atoms with van der Waals surface area (Å²) in [4.78, 5) is 6.72. The van der Waals surface area contributed by atoms with Gasteiger partial charge in [0.25, 0.3) is 0 Å². The number of piperidine rings is 1. The molecule has 2 aromatic heterocycles. The molecule has 1 fully saturated rings. The summed E-state index contributed by atoms with van der Waals surface area (Å²) in [7, 11) is 0. The van der Waals surface area contributed by atoms with Gasteiger partial charge in [-0.15, -0.1) is 0 Å². The monoisotopic (exact) mass is 274 g/mol. The fraction of sp³-hybridized carbons (Fsp3) is 0.400. The van der Waals surface area contributed by atoms with Crippen LogP contribution in [0.3, 0.4) is 0 Å². The predicted octanol–water partition coefficient (Wildman–Crippen LogP) is 3.19. The highest BCUT2D eigenvalue weighted by atomic mass is 32.1. The number of likely N-dealkylation sites (tertiary alicyclic amines) is 1. The quantitative estimate of drug-likeness (QED) is 0.856. The lowest BCUT2D eigenvalue weighted by atomic mass is 10.1. The van der Waals surface area contributed by atoms with Crippen LogP contribution >= 0.6 is 11.3 Å². The lowest BCUT2D eigenvalue weighted by Gasteiger charge is -2.31. The zero-order chi connectivity index (χ0) is 12.9. The first-order valence-electron chi connectivity index (χ1n) is 6.71. The van der Waals surface area contributed by atoms with Gasteiger partial charge in [-0.05, 0) is 41.3 Å². The molecule has 1 saturated heterocycles. The Bertz CT molecular complexity index is 478. The van der Waals surface area contributed by atoms with Crippen LogP contribution in [-0.2, 0) is 6.54 Å². The van der Waals surface area contributed by atoms with Gasteiger partial charge in [0.1, 0.15) is 6.10 Å². The molecular weight excluding hydrogens is 256 g/mol. The van der Waals surface area contributed by atoms with Gasteiger partial charge in [-0.2, -0.15) is 11.3 Å². The van der Waals surface area contributed by atoms with Crippen LogP contribution in [-0.4, -0.2) is 29.1 Å². The first kappa shape index (κ1) is 12.6. The van der Waals surface area contributed by atoms with Gasteiger partial charge in [-0.25, -0.2) is 4.98 Å². The molecule has 19 heavy (non-hydrogen) atoms. The van der Waals surface area contributed by atoms with Crippen molar-refractivity contribution < 1.29 is 4.74 Å². The first-order valence-corrected chi connectivity index (χ1v) is 7.65. The lowest BCUT2D eigenvalue weighted by molar-refractivity contribution is 0.0933. The molecule has 1 aliphatic rings. The Morgan fingerprint density at radius 1 is 1.26 bits per heavy atom. The Balaban J connectivity index is 1.47. The summed E-state index contributed by atoms with van der Waals surface area (Å²) in [5, 5.41) is 4.38. The van der Waals surface area contributed by atoms with E-state index in [9.17, 15) is 0 Å². The molecule has 0 unspecified atom stereocenters. The van der Waals surface area contributed by atoms with Gasteiger partial charge < -0.3 is 4.74 Å². The molecule has 3 rings (SSSR count). The third-order valence-electron chi connectivity index (χ3n) is 3.45. The summed E-state index contributed by atoms with van der Waals surface area (Å²) in [6.07, 6.45) is 4.26. The smallest absolute Gasteiger partial charge is 0.213 e. The van der Waals surface area contributed by atoms with Crippen LogP contribution in [0.25, 0.3) is 0 Å². The summed E-state index contributed by atoms with van der Waals surface area (Å²) in [6.45, 7) is 3.28. The third-order valence-corrected chi connectivity index (χ3v) is 4.18. The second-order valence-corrected chi connectivity index (χ2v) is 5.67. The minimum Gasteiger partial charge on any atom is -0.474 e. The Morgan fingerprint density at radius 3 is 2.84 bits per heavy atom. The van der Waals surface area contributed by atoms with E-state index in [2.05, 4.69) is 26.7 Å². The Morgan fingerprint density at radius 2 is 2.16 bits per heavy atom. The van der Waals surface area contributed by atoms with Gasteiger partial charge >= 0.3 is 0 Å². The summed E-state index contributed by atoms with van der Waals surface area (Å²) in [5.41, 5.74) is 1.43. The van der Waals surface area contributed by atoms with E-state index in [0.29, 0.717) is 6.10 Å². The molecular formula is C15H18N2OS. The number of nitrogens with zero attached hydrogens (tertiary/aromatic N) is 2. The van der Waals surface area contributed by atoms with E-state index in [0.717, 1.165) is 38.4 Å². The zero-order valence-corrected chi connectivity index (χ0v) is 11.7. The van der Waals surface area contributed by atoms with E-state index in [1.54, 1.807) is 17.5 Å². The molecule has 0 spiro atoms. The highest BCUT2D eigenvalue weighted by Crippen LogP contribution is 2.19. The average Bonchev–Trinajstić information content (AvgIpc) is 2.95. The maximum Gasteiger partial charge on any atom is 0.213 e. The fourth-order valence-corrected chi connectivity index (χ4v) is 3.07. The molecule has 0 radical (unpaired) electrons. The van der Waals surface area contributed by atoms with Crippen LogP contribution in [0.4, 0.5) is 0 Å². The van der Waals surface area contributed by atoms with E-state index in [4.69, 9.17) is 4.74 Å². The average molecular weight is 274 g/mol. The molecule has 3 heterocycles. The molecule has 100 valence electrons. The van der Waals surface area contributed by atoms with Gasteiger partial charge in [0, 0.05) is 31.9 Å². The maximum atomic E-state index is 5.90. The number of hydrogen-bond acceptors (Lipinski definition) is 4. The molecule has 0 saturated carbocycles. The normalized spacial score (nSPS) is 17.5. The second-order valence-electron chi connectivity index (χ2n) is 4.89. The maximum absolute atomic E-state index is 5.90. The summed E-state index contributed by atoms with van der Waals surface area (Å²) in [5.74, 6) is 0.749. The van der Waals surface area contributed by atoms with Crippen LogP contribution in [0.15, 0.2) is 41.2 Å². The van der Waals surface area contributed by atoms with Crippen molar-refractivity contribution in [3.8, 4) is 5.88 Å². The molecule has 0 amide bonds. The molecule has 0 aromatic carbocycles. The Hall–Kier alpha value is -1.39. The minimum absolute atomic E-state index is 0.314. The molecule has 0 N–H and O–H groups in total. The first-order chi connectivity index (χ1) is 9.40. The predicted molar refractivity (Wildman–Crippen MR) is 77.5 cm³/mol. The number of hydrogen-bond donors (Lipinski definition) is 0. The van der Waals surface area contributed by atoms with Crippen LogP contribution < -0.4 is 4.74 Å². The number of thiophene rings is 1. The van der Waals surface area contributed by atoms with Gasteiger partial charge in [-0.1, -0.05) is 6.07 Å². The standard InChI is InChI=1S/C15H18N2OS/c1-2-7-16-15(3-1)18-14-4-8-17(9-5-14)11-13-6-10-19-12-13/h1-3,6-7,10,12,14H,4-5,8-9,11H2. The SMILES string of the molecule is c1ccc(OC2CCN(Cc3ccsc3)CC2)nc1. The minimum atomic E-state index is 0.314. The fourth-order valence-electron chi connectivity index (χ4n) is 2.41. The summed E-state index contributed by atoms with van der Waals surface area (Å²) in [6, 6.07) is 8.02. The van der Waals surface area contributed by atoms with Crippen molar-refractivity contribution in [3.63, 3.8) is 0 Å². The molecule has 0 aliphatic carbocycles. The second kappa shape index (κ2) is 6.17. The van der Waals surface area contributed by atoms with Crippen molar-refractivity contribution in [2.45, 2.75) is 25.5 Å². The molecule has 0 atom stereocenters. The van der Waals surface area contributed by atoms with Crippen molar-refractivity contribution in [1.29, 1.82) is 0 Å². The van der Waals surface area contributed by atoms with Crippen molar-refractivity contribution in [1.82, 2.24) is 9.88 Å². The van der Waals surface area contributed by atoms with Crippen LogP contribution in [0.1, 0.15) is 18.4 Å². The van der Waals surface area contributed by atoms with Gasteiger partial charge in [0.2, 0.25) is 5.88 Å². The number of aromatic nitrogens is 1. The van der Waals surface area contributed by atoms with E-state index < -0.39 is 0 Å². The number of ether oxygens (including phenoxy) is 1. The van der Waals surface area contributed by atoms with E-state index in [1.807, 2.05) is 18.2 Å². The van der Waals surface area contributed by atoms with E-state index >= 15 is 0 Å². The highest BCUT2D eigenvalue weighted by Gasteiger charge is 2.20. The summed E-state index contributed by atoms with van der Waals surface area (Å²) >= 11 is 1.77. The van der Waals surface area contributed by atoms with Crippen LogP contribution in [0.5, 0.6) is 5.88 Å². The van der Waals surface area contributed by atoms with E-state index in [1.165, 1.54) is 5.56 Å². The van der Waals surface area contributed by atoms with Crippen molar-refractivity contribution in [2.24, 2.45) is 0 Å². The Labute approximate surface area is 117 Å². The topological polar surface area (TPSA) is 25.4 Å². The number of pyridine rings is 1. The molecule has 1 aliphatic heterocycles. The largest absolute Gasteiger partial charge is 0.474 e. The van der Waals surface area contributed by atoms with Gasteiger partial charge in [0.05, 0.1) is 0 Å². The highest BCUT2D eigenvalue weighted by molar-refractivity contribution is 7.07. The van der Waals surface area contributed by atoms with E-state index in [-0.39, 0.29) is 0 Å². The zero-order valence-electron chi connectivity index (χ0n) is 10.9. The van der Waals surface area contributed by atoms with Crippen molar-refractivity contribution in [3.05, 3.63) is 46.8 Å². The molecule has 4 heteroatoms. The van der Waals surface area contributed by atoms with Crippen molar-refractivity contribution >= 4 is 11.3 Å². The van der Waals surface area contributed by atoms with Gasteiger partial charge in [0.15, 0.2) is 0 Å². The van der Waals surface area contributed by atoms with Crippen LogP contribution in [0, 0.1) is 0 Å². The number of rotatable bonds is 4. The molecule has 0 bridgehead atoms. The van der Waals surface area contributed by atoms with Crippen LogP contribution in [0.2, 0.25) is 0 Å².